The van der Waals surface area contributed by atoms with Gasteiger partial charge >= 0.3 is 5.97 Å². The van der Waals surface area contributed by atoms with Crippen molar-refractivity contribution in [1.82, 2.24) is 4.98 Å². The molecule has 122 valence electrons. The molecule has 1 aliphatic heterocycles. The van der Waals surface area contributed by atoms with Crippen LogP contribution in [0.1, 0.15) is 35.8 Å². The molecule has 3 heterocycles. The van der Waals surface area contributed by atoms with Gasteiger partial charge in [0.1, 0.15) is 15.9 Å². The lowest BCUT2D eigenvalue weighted by atomic mass is 9.82. The molecule has 0 saturated heterocycles. The Balaban J connectivity index is 2.24. The molecule has 3 N–H and O–H groups in total. The summed E-state index contributed by atoms with van der Waals surface area (Å²) in [7, 11) is 0. The number of allylic oxidation sites excluding steroid dienone is 1. The fraction of sp³-hybridized carbons (Fsp3) is 0.235. The third-order valence-electron chi connectivity index (χ3n) is 3.88. The Kier molecular flexibility index (Phi) is 4.23. The van der Waals surface area contributed by atoms with Crippen LogP contribution in [0.3, 0.4) is 0 Å². The lowest BCUT2D eigenvalue weighted by Gasteiger charge is -2.28. The molecule has 2 aromatic heterocycles. The molecule has 3 rings (SSSR count). The summed E-state index contributed by atoms with van der Waals surface area (Å²) in [6, 6.07) is 5.81. The molecule has 1 aliphatic rings. The van der Waals surface area contributed by atoms with Gasteiger partial charge in [-0.05, 0) is 25.5 Å². The summed E-state index contributed by atoms with van der Waals surface area (Å²) in [4.78, 5) is 17.1. The Hall–Kier alpha value is -2.85. The zero-order chi connectivity index (χ0) is 17.3. The fourth-order valence-corrected chi connectivity index (χ4v) is 3.89. The van der Waals surface area contributed by atoms with E-state index in [1.54, 1.807) is 19.3 Å². The smallest absolute Gasteiger partial charge is 0.336 e. The van der Waals surface area contributed by atoms with Crippen LogP contribution in [0.4, 0.5) is 10.7 Å². The number of thiophene rings is 1. The van der Waals surface area contributed by atoms with Crippen molar-refractivity contribution in [2.75, 3.05) is 17.7 Å². The second kappa shape index (κ2) is 6.34. The Morgan fingerprint density at radius 2 is 2.38 bits per heavy atom. The van der Waals surface area contributed by atoms with E-state index < -0.39 is 11.9 Å². The van der Waals surface area contributed by atoms with Gasteiger partial charge in [0.05, 0.1) is 17.9 Å². The minimum Gasteiger partial charge on any atom is -0.463 e. The van der Waals surface area contributed by atoms with Crippen molar-refractivity contribution >= 4 is 28.0 Å². The minimum absolute atomic E-state index is 0.283. The molecule has 0 radical (unpaired) electrons. The summed E-state index contributed by atoms with van der Waals surface area (Å²) < 4.78 is 5.23. The Morgan fingerprint density at radius 3 is 3.00 bits per heavy atom. The van der Waals surface area contributed by atoms with Crippen molar-refractivity contribution in [3.8, 4) is 6.07 Å². The van der Waals surface area contributed by atoms with Crippen molar-refractivity contribution in [2.45, 2.75) is 19.8 Å². The number of nitrogen functional groups attached to an aromatic ring is 1. The highest BCUT2D eigenvalue weighted by Crippen LogP contribution is 2.49. The van der Waals surface area contributed by atoms with Crippen LogP contribution >= 0.6 is 11.3 Å². The first-order chi connectivity index (χ1) is 11.6. The SMILES string of the molecule is CCOC(=O)C1=C(C)Nc2sc(C#N)c(N)c2C1c1cccnc1. The van der Waals surface area contributed by atoms with E-state index in [9.17, 15) is 10.1 Å². The van der Waals surface area contributed by atoms with Crippen molar-refractivity contribution < 1.29 is 9.53 Å². The number of hydrogen-bond donors (Lipinski definition) is 2. The monoisotopic (exact) mass is 340 g/mol. The molecule has 2 aromatic rings. The van der Waals surface area contributed by atoms with Gasteiger partial charge in [-0.1, -0.05) is 6.07 Å². The Bertz CT molecular complexity index is 865. The van der Waals surface area contributed by atoms with Crippen LogP contribution in [0, 0.1) is 11.3 Å². The van der Waals surface area contributed by atoms with Gasteiger partial charge in [0.2, 0.25) is 0 Å². The number of carbonyl (C=O) groups is 1. The van der Waals surface area contributed by atoms with Gasteiger partial charge in [-0.2, -0.15) is 5.26 Å². The predicted molar refractivity (Wildman–Crippen MR) is 92.5 cm³/mol. The van der Waals surface area contributed by atoms with E-state index in [2.05, 4.69) is 16.4 Å². The van der Waals surface area contributed by atoms with E-state index in [1.807, 2.05) is 19.1 Å². The van der Waals surface area contributed by atoms with Crippen molar-refractivity contribution in [3.63, 3.8) is 0 Å². The topological polar surface area (TPSA) is 101 Å². The van der Waals surface area contributed by atoms with Crippen LogP contribution in [-0.4, -0.2) is 17.6 Å². The molecule has 0 aliphatic carbocycles. The second-order valence-electron chi connectivity index (χ2n) is 5.30. The molecule has 0 amide bonds. The van der Waals surface area contributed by atoms with Crippen LogP contribution in [0.25, 0.3) is 0 Å². The third-order valence-corrected chi connectivity index (χ3v) is 4.92. The highest BCUT2D eigenvalue weighted by Gasteiger charge is 2.37. The van der Waals surface area contributed by atoms with Gasteiger partial charge in [0, 0.05) is 29.6 Å². The summed E-state index contributed by atoms with van der Waals surface area (Å²) in [5.41, 5.74) is 9.34. The van der Waals surface area contributed by atoms with E-state index in [1.165, 1.54) is 11.3 Å². The minimum atomic E-state index is -0.410. The summed E-state index contributed by atoms with van der Waals surface area (Å²) in [6.07, 6.45) is 3.37. The summed E-state index contributed by atoms with van der Waals surface area (Å²) in [5, 5.41) is 13.3. The number of hydrogen-bond acceptors (Lipinski definition) is 7. The van der Waals surface area contributed by atoms with Gasteiger partial charge in [-0.25, -0.2) is 4.79 Å². The molecule has 0 saturated carbocycles. The zero-order valence-electron chi connectivity index (χ0n) is 13.3. The van der Waals surface area contributed by atoms with Crippen LogP contribution < -0.4 is 11.1 Å². The van der Waals surface area contributed by atoms with Crippen molar-refractivity contribution in [3.05, 3.63) is 51.8 Å². The molecular formula is C17H16N4O2S. The molecule has 1 unspecified atom stereocenters. The van der Waals surface area contributed by atoms with Gasteiger partial charge in [0.15, 0.2) is 0 Å². The number of aromatic nitrogens is 1. The maximum absolute atomic E-state index is 12.5. The lowest BCUT2D eigenvalue weighted by Crippen LogP contribution is -2.24. The third kappa shape index (κ3) is 2.51. The molecule has 1 atom stereocenters. The number of carbonyl (C=O) groups excluding carboxylic acids is 1. The average molecular weight is 340 g/mol. The number of ether oxygens (including phenoxy) is 1. The zero-order valence-corrected chi connectivity index (χ0v) is 14.1. The molecule has 24 heavy (non-hydrogen) atoms. The summed E-state index contributed by atoms with van der Waals surface area (Å²) in [5.74, 6) is -0.807. The maximum Gasteiger partial charge on any atom is 0.336 e. The van der Waals surface area contributed by atoms with Crippen LogP contribution in [0.15, 0.2) is 35.8 Å². The number of fused-ring (bicyclic) bond motifs is 1. The molecule has 0 aromatic carbocycles. The first-order valence-corrected chi connectivity index (χ1v) is 8.27. The van der Waals surface area contributed by atoms with Gasteiger partial charge < -0.3 is 15.8 Å². The number of pyridine rings is 1. The second-order valence-corrected chi connectivity index (χ2v) is 6.32. The van der Waals surface area contributed by atoms with E-state index in [4.69, 9.17) is 10.5 Å². The number of anilines is 2. The first-order valence-electron chi connectivity index (χ1n) is 7.45. The summed E-state index contributed by atoms with van der Waals surface area (Å²) >= 11 is 1.29. The normalized spacial score (nSPS) is 16.1. The van der Waals surface area contributed by atoms with E-state index >= 15 is 0 Å². The number of nitriles is 1. The van der Waals surface area contributed by atoms with Crippen molar-refractivity contribution in [2.24, 2.45) is 0 Å². The molecule has 0 fully saturated rings. The number of esters is 1. The molecule has 7 heteroatoms. The number of nitrogens with zero attached hydrogens (tertiary/aromatic N) is 2. The maximum atomic E-state index is 12.5. The molecule has 0 spiro atoms. The van der Waals surface area contributed by atoms with Gasteiger partial charge in [-0.15, -0.1) is 11.3 Å². The largest absolute Gasteiger partial charge is 0.463 e. The summed E-state index contributed by atoms with van der Waals surface area (Å²) in [6.45, 7) is 3.87. The molecule has 0 bridgehead atoms. The number of nitrogens with two attached hydrogens (primary N) is 1. The van der Waals surface area contributed by atoms with E-state index in [0.29, 0.717) is 21.8 Å². The molecule has 6 nitrogen and oxygen atoms in total. The lowest BCUT2D eigenvalue weighted by molar-refractivity contribution is -0.138. The van der Waals surface area contributed by atoms with Crippen molar-refractivity contribution in [1.29, 1.82) is 5.26 Å². The first kappa shape index (κ1) is 16.0. The van der Waals surface area contributed by atoms with Crippen LogP contribution in [0.2, 0.25) is 0 Å². The number of nitrogens with one attached hydrogen (secondary N) is 1. The van der Waals surface area contributed by atoms with E-state index in [-0.39, 0.29) is 6.61 Å². The predicted octanol–water partition coefficient (Wildman–Crippen LogP) is 2.99. The molecular weight excluding hydrogens is 324 g/mol. The van der Waals surface area contributed by atoms with Crippen LogP contribution in [-0.2, 0) is 9.53 Å². The Morgan fingerprint density at radius 1 is 1.58 bits per heavy atom. The number of rotatable bonds is 3. The van der Waals surface area contributed by atoms with Gasteiger partial charge in [0.25, 0.3) is 0 Å². The highest BCUT2D eigenvalue weighted by molar-refractivity contribution is 7.17. The fourth-order valence-electron chi connectivity index (χ4n) is 2.88. The quantitative estimate of drug-likeness (QED) is 0.833. The van der Waals surface area contributed by atoms with Gasteiger partial charge in [-0.3, -0.25) is 4.98 Å². The highest BCUT2D eigenvalue weighted by atomic mass is 32.1. The average Bonchev–Trinajstić information content (AvgIpc) is 2.90. The Labute approximate surface area is 143 Å². The standard InChI is InChI=1S/C17H16N4O2S/c1-3-23-17(22)12-9(2)21-16-14(15(19)11(7-18)24-16)13(12)10-5-4-6-20-8-10/h4-6,8,13,21H,3,19H2,1-2H3. The van der Waals surface area contributed by atoms with Crippen LogP contribution in [0.5, 0.6) is 0 Å². The van der Waals surface area contributed by atoms with E-state index in [0.717, 1.165) is 16.1 Å².